The van der Waals surface area contributed by atoms with E-state index >= 15 is 0 Å². The van der Waals surface area contributed by atoms with E-state index in [-0.39, 0.29) is 31.4 Å². The van der Waals surface area contributed by atoms with Crippen molar-refractivity contribution in [3.63, 3.8) is 0 Å². The van der Waals surface area contributed by atoms with Crippen molar-refractivity contribution in [3.8, 4) is 5.75 Å². The Labute approximate surface area is 236 Å². The zero-order valence-electron chi connectivity index (χ0n) is 22.4. The summed E-state index contributed by atoms with van der Waals surface area (Å²) in [6.45, 7) is 2.76. The molecule has 3 N–H and O–H groups in total. The first-order valence-electron chi connectivity index (χ1n) is 12.6. The molecule has 2 aromatic rings. The number of hydrogen-bond acceptors (Lipinski definition) is 8. The maximum absolute atomic E-state index is 13.9. The highest BCUT2D eigenvalue weighted by Gasteiger charge is 2.54. The van der Waals surface area contributed by atoms with Crippen LogP contribution in [0.1, 0.15) is 25.8 Å². The number of nitrogens with one attached hydrogen (secondary N) is 1. The number of ether oxygens (including phenoxy) is 2. The minimum absolute atomic E-state index is 0.0645. The number of carbonyl (C=O) groups is 4. The van der Waals surface area contributed by atoms with Crippen molar-refractivity contribution < 1.29 is 28.7 Å². The molecule has 2 atom stereocenters. The summed E-state index contributed by atoms with van der Waals surface area (Å²) in [7, 11) is 1.60. The molecule has 2 aliphatic heterocycles. The highest BCUT2D eigenvalue weighted by molar-refractivity contribution is 6.30. The van der Waals surface area contributed by atoms with E-state index in [1.807, 2.05) is 30.3 Å². The number of piperidine rings is 1. The van der Waals surface area contributed by atoms with Gasteiger partial charge in [-0.25, -0.2) is 9.80 Å². The minimum atomic E-state index is -1.66. The Balaban J connectivity index is 1.60. The second-order valence-corrected chi connectivity index (χ2v) is 10.7. The van der Waals surface area contributed by atoms with E-state index in [1.54, 1.807) is 7.05 Å². The third-order valence-electron chi connectivity index (χ3n) is 6.87. The molecule has 13 heteroatoms. The van der Waals surface area contributed by atoms with Crippen LogP contribution in [0.25, 0.3) is 0 Å². The summed E-state index contributed by atoms with van der Waals surface area (Å²) in [5, 5.41) is 8.75. The second kappa shape index (κ2) is 11.5. The molecule has 1 fully saturated rings. The summed E-state index contributed by atoms with van der Waals surface area (Å²) in [5.74, 6) is -1.16. The molecule has 0 radical (unpaired) electrons. The Hall–Kier alpha value is -4.19. The van der Waals surface area contributed by atoms with Crippen molar-refractivity contribution in [1.82, 2.24) is 20.2 Å². The molecule has 0 saturated carbocycles. The highest BCUT2D eigenvalue weighted by atomic mass is 35.5. The van der Waals surface area contributed by atoms with Gasteiger partial charge in [-0.3, -0.25) is 19.4 Å². The van der Waals surface area contributed by atoms with E-state index in [9.17, 15) is 19.2 Å². The van der Waals surface area contributed by atoms with Crippen LogP contribution in [0.2, 0.25) is 5.02 Å². The van der Waals surface area contributed by atoms with Gasteiger partial charge in [0.15, 0.2) is 5.60 Å². The van der Waals surface area contributed by atoms with Gasteiger partial charge in [-0.15, -0.1) is 0 Å². The van der Waals surface area contributed by atoms with Gasteiger partial charge in [0.1, 0.15) is 23.8 Å². The maximum atomic E-state index is 13.9. The van der Waals surface area contributed by atoms with Crippen molar-refractivity contribution >= 4 is 41.1 Å². The summed E-state index contributed by atoms with van der Waals surface area (Å²) in [6.07, 6.45) is 2.45. The van der Waals surface area contributed by atoms with Gasteiger partial charge in [-0.2, -0.15) is 5.10 Å². The van der Waals surface area contributed by atoms with E-state index in [0.717, 1.165) is 5.56 Å². The normalized spacial score (nSPS) is 19.4. The number of fused-ring (bicyclic) bond motifs is 1. The molecule has 1 saturated heterocycles. The third-order valence-corrected chi connectivity index (χ3v) is 7.08. The Bertz CT molecular complexity index is 1340. The average Bonchev–Trinajstić information content (AvgIpc) is 3.14. The number of likely N-dealkylation sites (tertiary alicyclic amines) is 1. The lowest BCUT2D eigenvalue weighted by Crippen LogP contribution is -2.61. The number of hydrazone groups is 1. The molecule has 0 bridgehead atoms. The number of pyridine rings is 1. The standard InChI is InChI=1S/C27H31ClN6O6/c1-26(2,40-25(29)38)23(36)31-20(15-39-19-11-18(28)13-30-14-19)22(35)34-10-9-21-27(16-34,24(37)33(3)32-21)12-17-7-5-4-6-8-17/h4-8,11,13-14,20H,9-10,12,15-16H2,1-3H3,(H2,29,38)(H,31,36)/t20?,27-/m1/s1. The summed E-state index contributed by atoms with van der Waals surface area (Å²) in [6, 6.07) is 9.84. The molecular weight excluding hydrogens is 540 g/mol. The molecular formula is C27H31ClN6O6. The molecule has 1 aromatic heterocycles. The van der Waals surface area contributed by atoms with Crippen LogP contribution in [-0.2, 0) is 25.5 Å². The fraction of sp³-hybridized carbons (Fsp3) is 0.407. The number of nitrogens with two attached hydrogens (primary N) is 1. The summed E-state index contributed by atoms with van der Waals surface area (Å²) in [4.78, 5) is 57.3. The van der Waals surface area contributed by atoms with E-state index < -0.39 is 35.0 Å². The van der Waals surface area contributed by atoms with Gasteiger partial charge in [0.05, 0.1) is 16.9 Å². The van der Waals surface area contributed by atoms with Gasteiger partial charge in [0.25, 0.3) is 11.8 Å². The number of benzene rings is 1. The van der Waals surface area contributed by atoms with Crippen LogP contribution < -0.4 is 15.8 Å². The fourth-order valence-electron chi connectivity index (χ4n) is 4.89. The molecule has 3 heterocycles. The van der Waals surface area contributed by atoms with Gasteiger partial charge < -0.3 is 25.4 Å². The Kier molecular flexibility index (Phi) is 8.29. The smallest absolute Gasteiger partial charge is 0.405 e. The lowest BCUT2D eigenvalue weighted by atomic mass is 9.73. The van der Waals surface area contributed by atoms with Crippen molar-refractivity contribution in [3.05, 3.63) is 59.4 Å². The van der Waals surface area contributed by atoms with Gasteiger partial charge in [0, 0.05) is 38.8 Å². The molecule has 1 aromatic carbocycles. The van der Waals surface area contributed by atoms with Crippen LogP contribution in [0, 0.1) is 5.41 Å². The summed E-state index contributed by atoms with van der Waals surface area (Å²) in [5.41, 5.74) is 4.06. The van der Waals surface area contributed by atoms with Gasteiger partial charge in [-0.1, -0.05) is 41.9 Å². The Morgan fingerprint density at radius 3 is 2.62 bits per heavy atom. The monoisotopic (exact) mass is 570 g/mol. The van der Waals surface area contributed by atoms with Crippen LogP contribution in [0.5, 0.6) is 5.75 Å². The summed E-state index contributed by atoms with van der Waals surface area (Å²) < 4.78 is 10.7. The molecule has 1 unspecified atom stereocenters. The molecule has 4 amide bonds. The first-order chi connectivity index (χ1) is 18.9. The van der Waals surface area contributed by atoms with Crippen LogP contribution in [0.4, 0.5) is 4.79 Å². The number of carbonyl (C=O) groups excluding carboxylic acids is 4. The average molecular weight is 571 g/mol. The number of nitrogens with zero attached hydrogens (tertiary/aromatic N) is 4. The van der Waals surface area contributed by atoms with Gasteiger partial charge in [-0.05, 0) is 25.8 Å². The zero-order valence-corrected chi connectivity index (χ0v) is 23.2. The Morgan fingerprint density at radius 1 is 1.23 bits per heavy atom. The molecule has 40 heavy (non-hydrogen) atoms. The van der Waals surface area contributed by atoms with Gasteiger partial charge >= 0.3 is 6.09 Å². The number of amides is 4. The quantitative estimate of drug-likeness (QED) is 0.465. The van der Waals surface area contributed by atoms with Crippen molar-refractivity contribution in [1.29, 1.82) is 0 Å². The van der Waals surface area contributed by atoms with Crippen LogP contribution in [0.15, 0.2) is 53.9 Å². The molecule has 0 spiro atoms. The largest absolute Gasteiger partial charge is 0.489 e. The van der Waals surface area contributed by atoms with Crippen LogP contribution in [-0.4, -0.2) is 82.8 Å². The predicted molar refractivity (Wildman–Crippen MR) is 145 cm³/mol. The molecule has 4 rings (SSSR count). The predicted octanol–water partition coefficient (Wildman–Crippen LogP) is 1.76. The highest BCUT2D eigenvalue weighted by Crippen LogP contribution is 2.38. The van der Waals surface area contributed by atoms with Gasteiger partial charge in [0.2, 0.25) is 5.91 Å². The first-order valence-corrected chi connectivity index (χ1v) is 13.0. The second-order valence-electron chi connectivity index (χ2n) is 10.2. The van der Waals surface area contributed by atoms with E-state index in [0.29, 0.717) is 23.6 Å². The van der Waals surface area contributed by atoms with Crippen molar-refractivity contribution in [2.24, 2.45) is 16.3 Å². The van der Waals surface area contributed by atoms with Crippen molar-refractivity contribution in [2.75, 3.05) is 26.7 Å². The Morgan fingerprint density at radius 2 is 1.95 bits per heavy atom. The number of primary amides is 1. The van der Waals surface area contributed by atoms with Crippen molar-refractivity contribution in [2.45, 2.75) is 38.3 Å². The van der Waals surface area contributed by atoms with E-state index in [2.05, 4.69) is 15.4 Å². The number of rotatable bonds is 9. The SMILES string of the molecule is CN1N=C2CCN(C(=O)C(COc3cncc(Cl)c3)NC(=O)C(C)(C)OC(N)=O)C[C@@]2(Cc2ccccc2)C1=O. The topological polar surface area (TPSA) is 157 Å². The fourth-order valence-corrected chi connectivity index (χ4v) is 5.05. The molecule has 2 aliphatic rings. The third kappa shape index (κ3) is 6.17. The van der Waals surface area contributed by atoms with E-state index in [4.69, 9.17) is 26.8 Å². The maximum Gasteiger partial charge on any atom is 0.405 e. The lowest BCUT2D eigenvalue weighted by molar-refractivity contribution is -0.145. The molecule has 212 valence electrons. The van der Waals surface area contributed by atoms with Crippen LogP contribution in [0.3, 0.4) is 0 Å². The molecule has 12 nitrogen and oxygen atoms in total. The summed E-state index contributed by atoms with van der Waals surface area (Å²) >= 11 is 6.00. The number of hydrogen-bond donors (Lipinski definition) is 2. The molecule has 0 aliphatic carbocycles. The van der Waals surface area contributed by atoms with E-state index in [1.165, 1.54) is 42.2 Å². The van der Waals surface area contributed by atoms with Crippen LogP contribution >= 0.6 is 11.6 Å². The lowest BCUT2D eigenvalue weighted by Gasteiger charge is -2.40. The number of aromatic nitrogens is 1. The minimum Gasteiger partial charge on any atom is -0.489 e. The zero-order chi connectivity index (χ0) is 29.1. The number of halogens is 1. The first kappa shape index (κ1) is 28.8.